The molecule has 7 nitrogen and oxygen atoms in total. The summed E-state index contributed by atoms with van der Waals surface area (Å²) in [6, 6.07) is 13.4. The van der Waals surface area contributed by atoms with Gasteiger partial charge >= 0.3 is 11.8 Å². The average Bonchev–Trinajstić information content (AvgIpc) is 2.60. The lowest BCUT2D eigenvalue weighted by molar-refractivity contribution is -0.137. The number of nitrogens with two attached hydrogens (primary N) is 1. The van der Waals surface area contributed by atoms with Crippen LogP contribution in [-0.4, -0.2) is 23.4 Å². The fourth-order valence-electron chi connectivity index (χ4n) is 1.85. The van der Waals surface area contributed by atoms with Crippen molar-refractivity contribution in [2.45, 2.75) is 6.92 Å². The Labute approximate surface area is 148 Å². The Bertz CT molecular complexity index is 830. The Hall–Kier alpha value is -3.19. The number of rotatable bonds is 4. The van der Waals surface area contributed by atoms with Crippen LogP contribution in [0.25, 0.3) is 0 Å². The molecule has 2 aromatic carbocycles. The number of hydrogen-bond donors (Lipinski definition) is 3. The predicted octanol–water partition coefficient (Wildman–Crippen LogP) is 1.92. The normalized spacial score (nSPS) is 10.9. The van der Waals surface area contributed by atoms with Crippen molar-refractivity contribution in [2.24, 2.45) is 10.8 Å². The highest BCUT2D eigenvalue weighted by Gasteiger charge is 2.08. The first-order valence-electron chi connectivity index (χ1n) is 7.18. The molecule has 0 aliphatic carbocycles. The molecule has 8 heteroatoms. The maximum absolute atomic E-state index is 12.1. The van der Waals surface area contributed by atoms with Crippen LogP contribution in [-0.2, 0) is 9.59 Å². The van der Waals surface area contributed by atoms with Crippen molar-refractivity contribution >= 4 is 40.7 Å². The molecule has 0 atom stereocenters. The SMILES string of the molecule is CC(=NNC(=O)C(N)=O)c1ccc(NC(=O)c2ccc(Cl)cc2)cc1. The molecule has 0 aliphatic heterocycles. The zero-order valence-electron chi connectivity index (χ0n) is 13.2. The first kappa shape index (κ1) is 18.2. The highest BCUT2D eigenvalue weighted by Crippen LogP contribution is 2.14. The molecule has 3 amide bonds. The van der Waals surface area contributed by atoms with Gasteiger partial charge in [-0.15, -0.1) is 0 Å². The molecule has 0 aromatic heterocycles. The summed E-state index contributed by atoms with van der Waals surface area (Å²) in [4.78, 5) is 33.8. The predicted molar refractivity (Wildman–Crippen MR) is 95.4 cm³/mol. The first-order valence-corrected chi connectivity index (χ1v) is 7.56. The van der Waals surface area contributed by atoms with Gasteiger partial charge in [0, 0.05) is 16.3 Å². The number of hydrazone groups is 1. The molecule has 0 saturated carbocycles. The van der Waals surface area contributed by atoms with Crippen LogP contribution in [0.2, 0.25) is 5.02 Å². The molecule has 0 fully saturated rings. The van der Waals surface area contributed by atoms with Gasteiger partial charge in [0.1, 0.15) is 0 Å². The van der Waals surface area contributed by atoms with Gasteiger partial charge in [-0.2, -0.15) is 5.10 Å². The lowest BCUT2D eigenvalue weighted by Gasteiger charge is -2.07. The zero-order chi connectivity index (χ0) is 18.4. The maximum atomic E-state index is 12.1. The molecule has 0 saturated heterocycles. The first-order chi connectivity index (χ1) is 11.9. The fourth-order valence-corrected chi connectivity index (χ4v) is 1.98. The van der Waals surface area contributed by atoms with Crippen LogP contribution in [0.4, 0.5) is 5.69 Å². The lowest BCUT2D eigenvalue weighted by atomic mass is 10.1. The zero-order valence-corrected chi connectivity index (χ0v) is 14.0. The lowest BCUT2D eigenvalue weighted by Crippen LogP contribution is -2.33. The van der Waals surface area contributed by atoms with E-state index in [0.29, 0.717) is 27.5 Å². The van der Waals surface area contributed by atoms with Crippen LogP contribution < -0.4 is 16.5 Å². The van der Waals surface area contributed by atoms with Crippen molar-refractivity contribution in [3.05, 3.63) is 64.7 Å². The van der Waals surface area contributed by atoms with Gasteiger partial charge in [0.05, 0.1) is 5.71 Å². The van der Waals surface area contributed by atoms with Gasteiger partial charge in [-0.1, -0.05) is 23.7 Å². The van der Waals surface area contributed by atoms with Crippen molar-refractivity contribution in [2.75, 3.05) is 5.32 Å². The number of hydrogen-bond acceptors (Lipinski definition) is 4. The summed E-state index contributed by atoms with van der Waals surface area (Å²) in [6.45, 7) is 1.66. The Morgan fingerprint density at radius 3 is 2.08 bits per heavy atom. The van der Waals surface area contributed by atoms with E-state index in [1.807, 2.05) is 5.43 Å². The van der Waals surface area contributed by atoms with Crippen LogP contribution in [0.15, 0.2) is 53.6 Å². The number of halogens is 1. The molecule has 0 aliphatic rings. The molecule has 0 radical (unpaired) electrons. The van der Waals surface area contributed by atoms with Crippen molar-refractivity contribution in [1.29, 1.82) is 0 Å². The average molecular weight is 359 g/mol. The minimum Gasteiger partial charge on any atom is -0.361 e. The van der Waals surface area contributed by atoms with Gasteiger partial charge < -0.3 is 11.1 Å². The third kappa shape index (κ3) is 5.15. The van der Waals surface area contributed by atoms with E-state index in [4.69, 9.17) is 17.3 Å². The van der Waals surface area contributed by atoms with Crippen molar-refractivity contribution in [3.8, 4) is 0 Å². The van der Waals surface area contributed by atoms with Crippen molar-refractivity contribution in [3.63, 3.8) is 0 Å². The second-order valence-electron chi connectivity index (χ2n) is 5.04. The highest BCUT2D eigenvalue weighted by molar-refractivity contribution is 6.34. The van der Waals surface area contributed by atoms with Gasteiger partial charge in [-0.3, -0.25) is 14.4 Å². The maximum Gasteiger partial charge on any atom is 0.329 e. The van der Waals surface area contributed by atoms with Crippen LogP contribution in [0.5, 0.6) is 0 Å². The van der Waals surface area contributed by atoms with Gasteiger partial charge in [0.2, 0.25) is 0 Å². The van der Waals surface area contributed by atoms with Crippen LogP contribution >= 0.6 is 11.6 Å². The monoisotopic (exact) mass is 358 g/mol. The summed E-state index contributed by atoms with van der Waals surface area (Å²) in [7, 11) is 0. The van der Waals surface area contributed by atoms with E-state index in [9.17, 15) is 14.4 Å². The second kappa shape index (κ2) is 8.07. The van der Waals surface area contributed by atoms with E-state index in [-0.39, 0.29) is 5.91 Å². The van der Waals surface area contributed by atoms with Crippen molar-refractivity contribution in [1.82, 2.24) is 5.43 Å². The third-order valence-electron chi connectivity index (χ3n) is 3.22. The largest absolute Gasteiger partial charge is 0.361 e. The summed E-state index contributed by atoms with van der Waals surface area (Å²) >= 11 is 5.79. The van der Waals surface area contributed by atoms with Crippen molar-refractivity contribution < 1.29 is 14.4 Å². The van der Waals surface area contributed by atoms with Gasteiger partial charge in [0.25, 0.3) is 5.91 Å². The molecule has 0 bridgehead atoms. The number of primary amides is 1. The summed E-state index contributed by atoms with van der Waals surface area (Å²) in [5.74, 6) is -2.37. The summed E-state index contributed by atoms with van der Waals surface area (Å²) < 4.78 is 0. The Morgan fingerprint density at radius 1 is 0.960 bits per heavy atom. The molecule has 2 rings (SSSR count). The molecule has 0 spiro atoms. The van der Waals surface area contributed by atoms with Gasteiger partial charge in [-0.25, -0.2) is 5.43 Å². The number of carbonyl (C=O) groups is 3. The molecule has 0 heterocycles. The van der Waals surface area contributed by atoms with Gasteiger partial charge in [0.15, 0.2) is 0 Å². The molecule has 0 unspecified atom stereocenters. The number of benzene rings is 2. The standard InChI is InChI=1S/C17H15ClN4O3/c1-10(21-22-17(25)15(19)23)11-4-8-14(9-5-11)20-16(24)12-2-6-13(18)7-3-12/h2-9H,1H3,(H2,19,23)(H,20,24)(H,22,25). The van der Waals surface area contributed by atoms with E-state index in [2.05, 4.69) is 10.4 Å². The van der Waals surface area contributed by atoms with Crippen LogP contribution in [0, 0.1) is 0 Å². The van der Waals surface area contributed by atoms with Crippen LogP contribution in [0.3, 0.4) is 0 Å². The minimum absolute atomic E-state index is 0.261. The number of nitrogens with zero attached hydrogens (tertiary/aromatic N) is 1. The molecule has 2 aromatic rings. The molecular weight excluding hydrogens is 344 g/mol. The number of carbonyl (C=O) groups excluding carboxylic acids is 3. The van der Waals surface area contributed by atoms with E-state index >= 15 is 0 Å². The van der Waals surface area contributed by atoms with E-state index < -0.39 is 11.8 Å². The van der Waals surface area contributed by atoms with Crippen LogP contribution in [0.1, 0.15) is 22.8 Å². The Balaban J connectivity index is 2.03. The number of anilines is 1. The Kier molecular flexibility index (Phi) is 5.86. The summed E-state index contributed by atoms with van der Waals surface area (Å²) in [5.41, 5.74) is 9.12. The van der Waals surface area contributed by atoms with E-state index in [1.54, 1.807) is 55.5 Å². The smallest absolute Gasteiger partial charge is 0.329 e. The molecule has 4 N–H and O–H groups in total. The summed E-state index contributed by atoms with van der Waals surface area (Å²) in [6.07, 6.45) is 0. The third-order valence-corrected chi connectivity index (χ3v) is 3.47. The van der Waals surface area contributed by atoms with E-state index in [0.717, 1.165) is 0 Å². The number of amides is 3. The van der Waals surface area contributed by atoms with E-state index in [1.165, 1.54) is 0 Å². The fraction of sp³-hybridized carbons (Fsp3) is 0.0588. The molecular formula is C17H15ClN4O3. The minimum atomic E-state index is -1.11. The summed E-state index contributed by atoms with van der Waals surface area (Å²) in [5, 5.41) is 7.09. The second-order valence-corrected chi connectivity index (χ2v) is 5.48. The van der Waals surface area contributed by atoms with Gasteiger partial charge in [-0.05, 0) is 48.9 Å². The topological polar surface area (TPSA) is 114 Å². The quantitative estimate of drug-likeness (QED) is 0.440. The highest BCUT2D eigenvalue weighted by atomic mass is 35.5. The molecule has 128 valence electrons. The Morgan fingerprint density at radius 2 is 1.52 bits per heavy atom. The molecule has 25 heavy (non-hydrogen) atoms. The number of nitrogens with one attached hydrogen (secondary N) is 2.